The lowest BCUT2D eigenvalue weighted by molar-refractivity contribution is 0.140. The van der Waals surface area contributed by atoms with Crippen molar-refractivity contribution in [2.45, 2.75) is 32.2 Å². The summed E-state index contributed by atoms with van der Waals surface area (Å²) >= 11 is 0. The van der Waals surface area contributed by atoms with Crippen LogP contribution in [0.15, 0.2) is 41.2 Å². The van der Waals surface area contributed by atoms with Crippen LogP contribution in [0.4, 0.5) is 16.2 Å². The third-order valence-electron chi connectivity index (χ3n) is 5.96. The molecule has 2 atom stereocenters. The zero-order valence-corrected chi connectivity index (χ0v) is 19.0. The van der Waals surface area contributed by atoms with E-state index in [-0.39, 0.29) is 29.2 Å². The highest BCUT2D eigenvalue weighted by atomic mass is 32.2. The van der Waals surface area contributed by atoms with Crippen LogP contribution in [0.3, 0.4) is 0 Å². The molecule has 2 N–H and O–H groups in total. The van der Waals surface area contributed by atoms with Gasteiger partial charge in [-0.05, 0) is 49.1 Å². The Balaban J connectivity index is 1.57. The highest BCUT2D eigenvalue weighted by Crippen LogP contribution is 2.39. The maximum Gasteiger partial charge on any atom is 0.321 e. The Morgan fingerprint density at radius 1 is 1.12 bits per heavy atom. The van der Waals surface area contributed by atoms with Crippen molar-refractivity contribution in [3.05, 3.63) is 52.4 Å². The molecule has 2 amide bonds. The number of anilines is 2. The number of urea groups is 1. The van der Waals surface area contributed by atoms with Gasteiger partial charge in [0.2, 0.25) is 10.0 Å². The van der Waals surface area contributed by atoms with E-state index < -0.39 is 10.0 Å². The summed E-state index contributed by atoms with van der Waals surface area (Å²) in [6.45, 7) is 3.20. The van der Waals surface area contributed by atoms with Gasteiger partial charge in [-0.2, -0.15) is 0 Å². The molecule has 4 rings (SSSR count). The highest BCUT2D eigenvalue weighted by molar-refractivity contribution is 7.92. The number of aromatic nitrogens is 1. The Hall–Kier alpha value is -3.01. The number of nitrogens with one attached hydrogen (secondary N) is 2. The van der Waals surface area contributed by atoms with Gasteiger partial charge in [0.15, 0.2) is 0 Å². The van der Waals surface area contributed by atoms with Gasteiger partial charge in [0.05, 0.1) is 24.2 Å². The number of ether oxygens (including phenoxy) is 1. The maximum atomic E-state index is 12.9. The molecule has 2 aromatic rings. The van der Waals surface area contributed by atoms with E-state index in [4.69, 9.17) is 4.74 Å². The average molecular weight is 461 g/mol. The fourth-order valence-electron chi connectivity index (χ4n) is 4.63. The summed E-state index contributed by atoms with van der Waals surface area (Å²) in [4.78, 5) is 27.2. The third kappa shape index (κ3) is 4.59. The van der Waals surface area contributed by atoms with Gasteiger partial charge in [-0.3, -0.25) is 9.52 Å². The lowest BCUT2D eigenvalue weighted by Gasteiger charge is -2.43. The van der Waals surface area contributed by atoms with E-state index in [2.05, 4.69) is 10.0 Å². The number of benzene rings is 1. The number of sulfonamides is 1. The number of hydrogen-bond acceptors (Lipinski definition) is 5. The molecule has 2 aliphatic heterocycles. The molecule has 9 nitrogen and oxygen atoms in total. The number of pyridine rings is 1. The second-order valence-electron chi connectivity index (χ2n) is 8.36. The predicted molar refractivity (Wildman–Crippen MR) is 123 cm³/mol. The van der Waals surface area contributed by atoms with Crippen LogP contribution in [0.25, 0.3) is 0 Å². The van der Waals surface area contributed by atoms with Gasteiger partial charge in [0, 0.05) is 37.3 Å². The maximum absolute atomic E-state index is 12.9. The molecule has 1 saturated heterocycles. The summed E-state index contributed by atoms with van der Waals surface area (Å²) in [5.41, 5.74) is 1.61. The van der Waals surface area contributed by atoms with Gasteiger partial charge in [-0.25, -0.2) is 13.2 Å². The average Bonchev–Trinajstić information content (AvgIpc) is 2.76. The molecule has 32 heavy (non-hydrogen) atoms. The van der Waals surface area contributed by atoms with E-state index in [1.54, 1.807) is 47.8 Å². The normalized spacial score (nSPS) is 19.8. The summed E-state index contributed by atoms with van der Waals surface area (Å²) in [6, 6.07) is 9.83. The lowest BCUT2D eigenvalue weighted by Crippen LogP contribution is -2.50. The fraction of sp³-hybridized carbons (Fsp3) is 0.455. The largest absolute Gasteiger partial charge is 0.497 e. The smallest absolute Gasteiger partial charge is 0.321 e. The first-order valence-electron chi connectivity index (χ1n) is 10.7. The summed E-state index contributed by atoms with van der Waals surface area (Å²) in [7, 11) is -1.92. The van der Waals surface area contributed by atoms with E-state index in [9.17, 15) is 18.0 Å². The van der Waals surface area contributed by atoms with Crippen LogP contribution < -0.4 is 20.3 Å². The Morgan fingerprint density at radius 2 is 1.88 bits per heavy atom. The van der Waals surface area contributed by atoms with Crippen molar-refractivity contribution in [1.82, 2.24) is 9.47 Å². The van der Waals surface area contributed by atoms with Crippen LogP contribution in [-0.2, 0) is 16.6 Å². The van der Waals surface area contributed by atoms with Gasteiger partial charge in [0.25, 0.3) is 5.56 Å². The molecule has 0 aliphatic carbocycles. The number of likely N-dealkylation sites (tertiary alicyclic amines) is 1. The molecule has 172 valence electrons. The molecular weight excluding hydrogens is 432 g/mol. The zero-order valence-electron chi connectivity index (χ0n) is 18.2. The summed E-state index contributed by atoms with van der Waals surface area (Å²) < 4.78 is 34.2. The number of carbonyl (C=O) groups excluding carboxylic acids is 1. The molecule has 3 heterocycles. The first-order valence-corrected chi connectivity index (χ1v) is 12.4. The van der Waals surface area contributed by atoms with Gasteiger partial charge in [-0.15, -0.1) is 0 Å². The Labute approximate surface area is 187 Å². The minimum Gasteiger partial charge on any atom is -0.497 e. The number of methoxy groups -OCH3 is 1. The fourth-order valence-corrected chi connectivity index (χ4v) is 5.78. The summed E-state index contributed by atoms with van der Waals surface area (Å²) in [6.07, 6.45) is 1.30. The van der Waals surface area contributed by atoms with Gasteiger partial charge in [0.1, 0.15) is 5.75 Å². The number of amides is 2. The van der Waals surface area contributed by atoms with Gasteiger partial charge in [-0.1, -0.05) is 6.92 Å². The van der Waals surface area contributed by atoms with Crippen molar-refractivity contribution >= 4 is 27.4 Å². The first kappa shape index (κ1) is 22.2. The molecule has 1 fully saturated rings. The molecule has 0 spiro atoms. The van der Waals surface area contributed by atoms with Crippen LogP contribution in [0.1, 0.15) is 31.4 Å². The highest BCUT2D eigenvalue weighted by Gasteiger charge is 2.38. The van der Waals surface area contributed by atoms with Gasteiger partial charge < -0.3 is 19.5 Å². The number of nitrogens with zero attached hydrogens (tertiary/aromatic N) is 2. The van der Waals surface area contributed by atoms with Crippen molar-refractivity contribution in [3.63, 3.8) is 0 Å². The molecule has 10 heteroatoms. The topological polar surface area (TPSA) is 110 Å². The molecule has 0 radical (unpaired) electrons. The summed E-state index contributed by atoms with van der Waals surface area (Å²) in [5, 5.41) is 2.91. The van der Waals surface area contributed by atoms with E-state index in [0.29, 0.717) is 48.9 Å². The van der Waals surface area contributed by atoms with Crippen molar-refractivity contribution in [2.75, 3.05) is 36.0 Å². The van der Waals surface area contributed by atoms with E-state index in [1.807, 2.05) is 0 Å². The third-order valence-corrected chi connectivity index (χ3v) is 7.43. The standard InChI is InChI=1S/C22H28N4O5S/c1-3-10-32(29,30)24-19-8-9-20(27)26-13-15-11-16(21(19)26)14-25(12-15)22(28)23-17-4-6-18(31-2)7-5-17/h4-9,15-16,24H,3,10-14H2,1-2H3,(H,23,28)/t15-,16-/m0/s1. The zero-order chi connectivity index (χ0) is 22.9. The monoisotopic (exact) mass is 460 g/mol. The minimum absolute atomic E-state index is 0.00918. The molecule has 1 aromatic carbocycles. The van der Waals surface area contributed by atoms with Crippen molar-refractivity contribution in [1.29, 1.82) is 0 Å². The Morgan fingerprint density at radius 3 is 2.56 bits per heavy atom. The minimum atomic E-state index is -3.50. The lowest BCUT2D eigenvalue weighted by atomic mass is 9.82. The molecule has 2 bridgehead atoms. The number of rotatable bonds is 6. The number of carbonyl (C=O) groups is 1. The molecule has 0 unspecified atom stereocenters. The molecular formula is C22H28N4O5S. The van der Waals surface area contributed by atoms with Crippen LogP contribution in [0.5, 0.6) is 5.75 Å². The second kappa shape index (κ2) is 8.85. The van der Waals surface area contributed by atoms with Gasteiger partial charge >= 0.3 is 6.03 Å². The Kier molecular flexibility index (Phi) is 6.14. The second-order valence-corrected chi connectivity index (χ2v) is 10.2. The molecule has 1 aromatic heterocycles. The van der Waals surface area contributed by atoms with Crippen molar-refractivity contribution in [3.8, 4) is 5.75 Å². The van der Waals surface area contributed by atoms with Crippen molar-refractivity contribution in [2.24, 2.45) is 5.92 Å². The van der Waals surface area contributed by atoms with Crippen molar-refractivity contribution < 1.29 is 17.9 Å². The SMILES string of the molecule is CCCS(=O)(=O)Nc1ccc(=O)n2c1[C@H]1C[C@@H](CN(C(=O)Nc3ccc(OC)cc3)C1)C2. The van der Waals surface area contributed by atoms with Crippen LogP contribution in [0.2, 0.25) is 0 Å². The molecule has 0 saturated carbocycles. The van der Waals surface area contributed by atoms with Crippen LogP contribution in [-0.4, -0.2) is 49.9 Å². The van der Waals surface area contributed by atoms with Crippen LogP contribution in [0, 0.1) is 5.92 Å². The van der Waals surface area contributed by atoms with Crippen LogP contribution >= 0.6 is 0 Å². The van der Waals surface area contributed by atoms with E-state index in [1.165, 1.54) is 12.1 Å². The first-order chi connectivity index (χ1) is 15.3. The number of piperidine rings is 1. The summed E-state index contributed by atoms with van der Waals surface area (Å²) in [5.74, 6) is 0.714. The van der Waals surface area contributed by atoms with E-state index in [0.717, 1.165) is 6.42 Å². The quantitative estimate of drug-likeness (QED) is 0.689. The predicted octanol–water partition coefficient (Wildman–Crippen LogP) is 2.66. The molecule has 2 aliphatic rings. The van der Waals surface area contributed by atoms with E-state index >= 15 is 0 Å². The number of fused-ring (bicyclic) bond motifs is 4. The Bertz CT molecular complexity index is 1160. The number of hydrogen-bond donors (Lipinski definition) is 2.